The Morgan fingerprint density at radius 2 is 1.48 bits per heavy atom. The van der Waals surface area contributed by atoms with E-state index < -0.39 is 65.9 Å². The Hall–Kier alpha value is -5.65. The predicted octanol–water partition coefficient (Wildman–Crippen LogP) is 8.06. The Bertz CT molecular complexity index is 3180. The van der Waals surface area contributed by atoms with E-state index in [4.69, 9.17) is 25.8 Å². The van der Waals surface area contributed by atoms with Crippen LogP contribution in [0.2, 0.25) is 5.02 Å². The van der Waals surface area contributed by atoms with Gasteiger partial charge in [-0.2, -0.15) is 5.11 Å². The number of unbranched alkanes of at least 4 members (excludes halogenated alkanes) is 9. The number of nitrogens with zero attached hydrogens (tertiary/aromatic N) is 3. The van der Waals surface area contributed by atoms with Gasteiger partial charge in [-0.1, -0.05) is 115 Å². The molecule has 4 N–H and O–H groups in total. The summed E-state index contributed by atoms with van der Waals surface area (Å²) in [4.78, 5) is 55.8. The molecule has 0 bridgehead atoms. The summed E-state index contributed by atoms with van der Waals surface area (Å²) < 4.78 is 81.5. The average molecular weight is 1130 g/mol. The van der Waals surface area contributed by atoms with Crippen LogP contribution in [0, 0.1) is 5.41 Å². The minimum absolute atomic E-state index is 0. The summed E-state index contributed by atoms with van der Waals surface area (Å²) in [6.45, 7) is 8.60. The number of rotatable bonds is 25. The number of phenolic OH excluding ortho intramolecular Hbond substituents is 1. The SMILES string of the molecule is CCCCCCCCCCCCOC(=O)c1ccc(NC(=O)C(Oc2cccc(NC(=O)c3cc(N=Nc4ccc(N5CCOCC5)c(S(=O)(=O)[O-])c4)c4c(NS(C)(=O)=O)cccc4c3O)c2)C(=O)C(C)(C)C)c(Cl)c1.[Na+]. The molecule has 5 aromatic carbocycles. The van der Waals surface area contributed by atoms with Crippen LogP contribution >= 0.6 is 11.6 Å². The normalized spacial score (nSPS) is 13.4. The molecule has 0 spiro atoms. The van der Waals surface area contributed by atoms with Crippen molar-refractivity contribution in [3.05, 3.63) is 101 Å². The molecular weight excluding hydrogens is 1060 g/mol. The van der Waals surface area contributed by atoms with Gasteiger partial charge >= 0.3 is 35.5 Å². The van der Waals surface area contributed by atoms with Gasteiger partial charge in [0.1, 0.15) is 21.6 Å². The molecule has 0 radical (unpaired) electrons. The first-order chi connectivity index (χ1) is 36.0. The molecule has 1 saturated heterocycles. The fourth-order valence-electron chi connectivity index (χ4n) is 8.31. The number of halogens is 1. The van der Waals surface area contributed by atoms with Crippen LogP contribution in [0.3, 0.4) is 0 Å². The van der Waals surface area contributed by atoms with Crippen LogP contribution in [-0.4, -0.2) is 95.3 Å². The largest absolute Gasteiger partial charge is 1.00 e. The topological polar surface area (TPSA) is 272 Å². The van der Waals surface area contributed by atoms with Crippen LogP contribution in [0.25, 0.3) is 10.8 Å². The van der Waals surface area contributed by atoms with E-state index >= 15 is 0 Å². The third-order valence-corrected chi connectivity index (χ3v) is 14.0. The third-order valence-electron chi connectivity index (χ3n) is 12.2. The van der Waals surface area contributed by atoms with E-state index in [-0.39, 0.29) is 103 Å². The van der Waals surface area contributed by atoms with Gasteiger partial charge in [0.25, 0.3) is 11.8 Å². The molecule has 0 saturated carbocycles. The molecule has 5 aromatic rings. The summed E-state index contributed by atoms with van der Waals surface area (Å²) in [6, 6.07) is 19.3. The Morgan fingerprint density at radius 3 is 2.12 bits per heavy atom. The van der Waals surface area contributed by atoms with Crippen LogP contribution in [0.1, 0.15) is 113 Å². The molecule has 77 heavy (non-hydrogen) atoms. The number of ketones is 1. The van der Waals surface area contributed by atoms with E-state index in [0.717, 1.165) is 44.1 Å². The summed E-state index contributed by atoms with van der Waals surface area (Å²) in [5, 5.41) is 25.3. The molecule has 19 nitrogen and oxygen atoms in total. The van der Waals surface area contributed by atoms with E-state index in [1.54, 1.807) is 25.7 Å². The number of ether oxygens (including phenoxy) is 3. The zero-order valence-corrected chi connectivity index (χ0v) is 48.5. The van der Waals surface area contributed by atoms with Crippen molar-refractivity contribution < 1.29 is 89.4 Å². The molecule has 1 unspecified atom stereocenters. The van der Waals surface area contributed by atoms with Gasteiger partial charge in [0, 0.05) is 41.0 Å². The van der Waals surface area contributed by atoms with Crippen molar-refractivity contribution in [3.8, 4) is 11.5 Å². The maximum atomic E-state index is 14.1. The molecule has 1 heterocycles. The summed E-state index contributed by atoms with van der Waals surface area (Å²) in [6.07, 6.45) is 10.6. The number of amides is 2. The number of nitrogens with one attached hydrogen (secondary N) is 3. The van der Waals surface area contributed by atoms with E-state index in [1.807, 2.05) is 0 Å². The van der Waals surface area contributed by atoms with E-state index in [1.165, 1.54) is 111 Å². The maximum absolute atomic E-state index is 14.1. The first-order valence-corrected chi connectivity index (χ1v) is 28.7. The number of esters is 1. The maximum Gasteiger partial charge on any atom is 1.00 e. The monoisotopic (exact) mass is 1130 g/mol. The average Bonchev–Trinajstić information content (AvgIpc) is 3.37. The Balaban J connectivity index is 0.0000109. The van der Waals surface area contributed by atoms with Crippen molar-refractivity contribution in [1.29, 1.82) is 0 Å². The van der Waals surface area contributed by atoms with Gasteiger partial charge in [-0.3, -0.25) is 19.1 Å². The second-order valence-corrected chi connectivity index (χ2v) is 22.9. The number of fused-ring (bicyclic) bond motifs is 1. The van der Waals surface area contributed by atoms with Crippen molar-refractivity contribution in [2.24, 2.45) is 15.6 Å². The summed E-state index contributed by atoms with van der Waals surface area (Å²) in [5.41, 5.74) is -1.18. The van der Waals surface area contributed by atoms with Gasteiger partial charge in [-0.25, -0.2) is 21.6 Å². The molecule has 23 heteroatoms. The van der Waals surface area contributed by atoms with Crippen molar-refractivity contribution in [3.63, 3.8) is 0 Å². The Morgan fingerprint density at radius 1 is 0.818 bits per heavy atom. The van der Waals surface area contributed by atoms with Gasteiger partial charge in [0.15, 0.2) is 5.78 Å². The van der Waals surface area contributed by atoms with Crippen molar-refractivity contribution in [2.75, 3.05) is 59.4 Å². The molecule has 0 aromatic heterocycles. The number of phenols is 1. The quantitative estimate of drug-likeness (QED) is 0.0108. The van der Waals surface area contributed by atoms with Crippen molar-refractivity contribution >= 4 is 100 Å². The zero-order valence-electron chi connectivity index (χ0n) is 44.1. The van der Waals surface area contributed by atoms with Crippen LogP contribution in [0.15, 0.2) is 100 Å². The van der Waals surface area contributed by atoms with Gasteiger partial charge in [-0.15, -0.1) is 5.11 Å². The standard InChI is InChI=1S/C54H65ClN6O13S2.Na/c1-6-7-8-9-10-11-12-13-14-15-28-73-53(66)35-22-24-42(41(55)31-35)57-52(65)49(50(63)54(2,3)4)74-38-19-16-18-36(32-38)56-51(64)40-34-44(47-39(48(40)62)20-17-21-43(47)60-75(5,67)68)59-58-37-23-25-45(46(33-37)76(69,70)71)61-26-29-72-30-27-61;/h16-25,31-34,49,60,62H,6-15,26-30H2,1-5H3,(H,56,64)(H,57,65)(H,69,70,71);/q;+1/p-1. The molecule has 6 rings (SSSR count). The molecule has 408 valence electrons. The van der Waals surface area contributed by atoms with Crippen molar-refractivity contribution in [1.82, 2.24) is 0 Å². The molecule has 2 amide bonds. The molecule has 1 aliphatic heterocycles. The summed E-state index contributed by atoms with van der Waals surface area (Å²) in [7, 11) is -8.92. The number of morpholine rings is 1. The van der Waals surface area contributed by atoms with E-state index in [2.05, 4.69) is 32.5 Å². The Kier molecular flexibility index (Phi) is 22.9. The van der Waals surface area contributed by atoms with E-state index in [9.17, 15) is 45.7 Å². The number of hydrogen-bond acceptors (Lipinski definition) is 16. The summed E-state index contributed by atoms with van der Waals surface area (Å²) in [5.74, 6) is -3.54. The van der Waals surface area contributed by atoms with Crippen LogP contribution in [0.4, 0.5) is 34.1 Å². The summed E-state index contributed by atoms with van der Waals surface area (Å²) >= 11 is 6.55. The molecule has 1 fully saturated rings. The predicted molar refractivity (Wildman–Crippen MR) is 291 cm³/mol. The smallest absolute Gasteiger partial charge is 0.744 e. The molecule has 1 atom stereocenters. The number of azo groups is 1. The van der Waals surface area contributed by atoms with Gasteiger partial charge in [0.05, 0.1) is 75.6 Å². The Labute approximate surface area is 477 Å². The van der Waals surface area contributed by atoms with Crippen LogP contribution in [0.5, 0.6) is 11.5 Å². The number of aromatic hydroxyl groups is 1. The molecular formula is C54H64ClN6NaO13S2. The first kappa shape index (κ1) is 62.2. The number of benzene rings is 5. The fourth-order valence-corrected chi connectivity index (χ4v) is 9.82. The van der Waals surface area contributed by atoms with Crippen LogP contribution in [-0.2, 0) is 39.2 Å². The minimum Gasteiger partial charge on any atom is -0.744 e. The molecule has 0 aliphatic carbocycles. The van der Waals surface area contributed by atoms with E-state index in [0.29, 0.717) is 26.3 Å². The minimum atomic E-state index is -5.01. The van der Waals surface area contributed by atoms with Gasteiger partial charge in [-0.05, 0) is 67.1 Å². The number of hydrogen-bond donors (Lipinski definition) is 4. The zero-order chi connectivity index (χ0) is 55.2. The number of carbonyl (C=O) groups excluding carboxylic acids is 4. The fraction of sp³-hybridized carbons (Fsp3) is 0.407. The van der Waals surface area contributed by atoms with Gasteiger partial charge < -0.3 is 39.4 Å². The first-order valence-electron chi connectivity index (χ1n) is 25.0. The second-order valence-electron chi connectivity index (χ2n) is 19.4. The number of carbonyl (C=O) groups is 4. The van der Waals surface area contributed by atoms with Crippen molar-refractivity contribution in [2.45, 2.75) is 103 Å². The van der Waals surface area contributed by atoms with Gasteiger partial charge in [0.2, 0.25) is 16.1 Å². The number of Topliss-reactive ketones (excluding diaryl/α,β-unsaturated/α-hetero) is 1. The van der Waals surface area contributed by atoms with Crippen LogP contribution < -0.4 is 54.5 Å². The second kappa shape index (κ2) is 28.3. The number of anilines is 4. The third kappa shape index (κ3) is 17.9. The molecule has 1 aliphatic rings. The number of sulfonamides is 1.